The van der Waals surface area contributed by atoms with Crippen LogP contribution in [0, 0.1) is 5.92 Å². The van der Waals surface area contributed by atoms with Gasteiger partial charge in [0.1, 0.15) is 0 Å². The van der Waals surface area contributed by atoms with Crippen molar-refractivity contribution in [1.82, 2.24) is 5.32 Å². The third-order valence-electron chi connectivity index (χ3n) is 5.02. The first-order chi connectivity index (χ1) is 12.6. The molecule has 6 heteroatoms. The zero-order chi connectivity index (χ0) is 18.5. The van der Waals surface area contributed by atoms with Crippen molar-refractivity contribution < 1.29 is 9.53 Å². The maximum Gasteiger partial charge on any atom is 0.237 e. The molecule has 0 aliphatic carbocycles. The van der Waals surface area contributed by atoms with Crippen LogP contribution < -0.4 is 11.1 Å². The topological polar surface area (TPSA) is 64.4 Å². The minimum Gasteiger partial charge on any atom is -0.381 e. The maximum absolute atomic E-state index is 12.6. The molecule has 1 saturated heterocycles. The molecule has 2 unspecified atom stereocenters. The molecule has 0 aromatic heterocycles. The molecule has 2 atom stereocenters. The number of hydrogen-bond donors (Lipinski definition) is 2. The Bertz CT molecular complexity index is 746. The Morgan fingerprint density at radius 2 is 1.78 bits per heavy atom. The zero-order valence-electron chi connectivity index (χ0n) is 15.4. The number of ether oxygens (including phenoxy) is 1. The lowest BCUT2D eigenvalue weighted by atomic mass is 9.91. The highest BCUT2D eigenvalue weighted by atomic mass is 35.5. The molecular weight excluding hydrogens is 383 g/mol. The molecule has 3 N–H and O–H groups in total. The highest BCUT2D eigenvalue weighted by Gasteiger charge is 2.27. The van der Waals surface area contributed by atoms with Gasteiger partial charge in [0.05, 0.1) is 12.1 Å². The minimum atomic E-state index is -0.496. The van der Waals surface area contributed by atoms with Gasteiger partial charge in [-0.15, -0.1) is 12.4 Å². The summed E-state index contributed by atoms with van der Waals surface area (Å²) in [6, 6.07) is 15.2. The summed E-state index contributed by atoms with van der Waals surface area (Å²) in [6.07, 6.45) is 1.68. The van der Waals surface area contributed by atoms with Crippen LogP contribution in [-0.2, 0) is 9.53 Å². The summed E-state index contributed by atoms with van der Waals surface area (Å²) in [5, 5.41) is 3.79. The summed E-state index contributed by atoms with van der Waals surface area (Å²) in [4.78, 5) is 12.6. The van der Waals surface area contributed by atoms with E-state index in [1.165, 1.54) is 0 Å². The Hall–Kier alpha value is -1.59. The van der Waals surface area contributed by atoms with Crippen LogP contribution in [0.25, 0.3) is 11.1 Å². The van der Waals surface area contributed by atoms with Gasteiger partial charge in [-0.05, 0) is 54.5 Å². The van der Waals surface area contributed by atoms with E-state index in [4.69, 9.17) is 22.1 Å². The van der Waals surface area contributed by atoms with Gasteiger partial charge < -0.3 is 15.8 Å². The van der Waals surface area contributed by atoms with Crippen molar-refractivity contribution in [3.8, 4) is 11.1 Å². The predicted octanol–water partition coefficient (Wildman–Crippen LogP) is 4.36. The fourth-order valence-electron chi connectivity index (χ4n) is 3.44. The van der Waals surface area contributed by atoms with Crippen LogP contribution in [0.3, 0.4) is 0 Å². The van der Waals surface area contributed by atoms with Gasteiger partial charge >= 0.3 is 0 Å². The second-order valence-electron chi connectivity index (χ2n) is 6.80. The van der Waals surface area contributed by atoms with Crippen molar-refractivity contribution in [3.05, 3.63) is 59.1 Å². The lowest BCUT2D eigenvalue weighted by molar-refractivity contribution is -0.125. The third kappa shape index (κ3) is 5.45. The Morgan fingerprint density at radius 1 is 1.15 bits per heavy atom. The van der Waals surface area contributed by atoms with Crippen LogP contribution in [0.15, 0.2) is 48.5 Å². The molecule has 146 valence electrons. The van der Waals surface area contributed by atoms with Crippen LogP contribution in [0.4, 0.5) is 0 Å². The van der Waals surface area contributed by atoms with E-state index in [1.807, 2.05) is 49.4 Å². The third-order valence-corrected chi connectivity index (χ3v) is 5.27. The quantitative estimate of drug-likeness (QED) is 0.771. The van der Waals surface area contributed by atoms with Gasteiger partial charge in [-0.3, -0.25) is 4.79 Å². The van der Waals surface area contributed by atoms with Crippen molar-refractivity contribution in [2.24, 2.45) is 11.7 Å². The largest absolute Gasteiger partial charge is 0.381 e. The smallest absolute Gasteiger partial charge is 0.237 e. The van der Waals surface area contributed by atoms with Crippen LogP contribution in [0.2, 0.25) is 5.02 Å². The molecule has 0 radical (unpaired) electrons. The lowest BCUT2D eigenvalue weighted by Gasteiger charge is -2.28. The molecule has 1 amide bonds. The average molecular weight is 409 g/mol. The summed E-state index contributed by atoms with van der Waals surface area (Å²) in [5.74, 6) is 0.0813. The number of rotatable bonds is 5. The van der Waals surface area contributed by atoms with Gasteiger partial charge in [0.25, 0.3) is 0 Å². The van der Waals surface area contributed by atoms with E-state index >= 15 is 0 Å². The second-order valence-corrected chi connectivity index (χ2v) is 7.24. The molecule has 1 aliphatic heterocycles. The number of benzene rings is 2. The first-order valence-electron chi connectivity index (χ1n) is 9.05. The normalized spacial score (nSPS) is 16.9. The van der Waals surface area contributed by atoms with Crippen LogP contribution in [0.1, 0.15) is 31.4 Å². The Balaban J connectivity index is 0.00000261. The van der Waals surface area contributed by atoms with Gasteiger partial charge in [-0.2, -0.15) is 0 Å². The summed E-state index contributed by atoms with van der Waals surface area (Å²) in [6.45, 7) is 3.35. The summed E-state index contributed by atoms with van der Waals surface area (Å²) in [5.41, 5.74) is 9.41. The molecule has 1 heterocycles. The number of nitrogens with two attached hydrogens (primary N) is 1. The number of carbonyl (C=O) groups is 1. The van der Waals surface area contributed by atoms with Crippen LogP contribution in [0.5, 0.6) is 0 Å². The molecule has 3 rings (SSSR count). The molecule has 0 bridgehead atoms. The first kappa shape index (κ1) is 21.7. The summed E-state index contributed by atoms with van der Waals surface area (Å²) >= 11 is 6.00. The molecule has 2 aromatic carbocycles. The van der Waals surface area contributed by atoms with Gasteiger partial charge in [0, 0.05) is 18.2 Å². The SMILES string of the molecule is CC(NC(=O)C(N)C1CCOCC1)c1ccccc1-c1ccc(Cl)cc1.Cl. The van der Waals surface area contributed by atoms with E-state index in [0.717, 1.165) is 29.5 Å². The monoisotopic (exact) mass is 408 g/mol. The minimum absolute atomic E-state index is 0. The first-order valence-corrected chi connectivity index (χ1v) is 9.42. The van der Waals surface area contributed by atoms with Crippen molar-refractivity contribution in [2.75, 3.05) is 13.2 Å². The van der Waals surface area contributed by atoms with E-state index in [1.54, 1.807) is 0 Å². The van der Waals surface area contributed by atoms with E-state index < -0.39 is 6.04 Å². The van der Waals surface area contributed by atoms with Crippen molar-refractivity contribution in [3.63, 3.8) is 0 Å². The number of nitrogens with one attached hydrogen (secondary N) is 1. The molecule has 27 heavy (non-hydrogen) atoms. The van der Waals surface area contributed by atoms with Gasteiger partial charge in [0.15, 0.2) is 0 Å². The fourth-order valence-corrected chi connectivity index (χ4v) is 3.57. The lowest BCUT2D eigenvalue weighted by Crippen LogP contribution is -2.47. The number of carbonyl (C=O) groups excluding carboxylic acids is 1. The average Bonchev–Trinajstić information content (AvgIpc) is 2.68. The zero-order valence-corrected chi connectivity index (χ0v) is 16.9. The summed E-state index contributed by atoms with van der Waals surface area (Å²) in [7, 11) is 0. The van der Waals surface area contributed by atoms with Crippen molar-refractivity contribution in [1.29, 1.82) is 0 Å². The molecule has 1 fully saturated rings. The summed E-state index contributed by atoms with van der Waals surface area (Å²) < 4.78 is 5.36. The Kier molecular flexibility index (Phi) is 8.11. The number of hydrogen-bond acceptors (Lipinski definition) is 3. The Labute approximate surface area is 171 Å². The predicted molar refractivity (Wildman–Crippen MR) is 112 cm³/mol. The van der Waals surface area contributed by atoms with Crippen LogP contribution in [-0.4, -0.2) is 25.2 Å². The van der Waals surface area contributed by atoms with E-state index in [-0.39, 0.29) is 30.3 Å². The van der Waals surface area contributed by atoms with Gasteiger partial charge in [-0.25, -0.2) is 0 Å². The highest BCUT2D eigenvalue weighted by Crippen LogP contribution is 2.29. The second kappa shape index (κ2) is 10.1. The Morgan fingerprint density at radius 3 is 2.44 bits per heavy atom. The number of halogens is 2. The van der Waals surface area contributed by atoms with Gasteiger partial charge in [0.2, 0.25) is 5.91 Å². The molecule has 0 saturated carbocycles. The highest BCUT2D eigenvalue weighted by molar-refractivity contribution is 6.30. The van der Waals surface area contributed by atoms with Gasteiger partial charge in [-0.1, -0.05) is 48.0 Å². The van der Waals surface area contributed by atoms with Crippen LogP contribution >= 0.6 is 24.0 Å². The molecule has 2 aromatic rings. The van der Waals surface area contributed by atoms with E-state index in [2.05, 4.69) is 11.4 Å². The standard InChI is InChI=1S/C21H25ClN2O2.ClH/c1-14(24-21(25)20(23)16-10-12-26-13-11-16)18-4-2-3-5-19(18)15-6-8-17(22)9-7-15;/h2-9,14,16,20H,10-13,23H2,1H3,(H,24,25);1H. The maximum atomic E-state index is 12.6. The van der Waals surface area contributed by atoms with E-state index in [0.29, 0.717) is 18.2 Å². The van der Waals surface area contributed by atoms with Crippen molar-refractivity contribution in [2.45, 2.75) is 31.8 Å². The molecule has 1 aliphatic rings. The van der Waals surface area contributed by atoms with E-state index in [9.17, 15) is 4.79 Å². The number of amides is 1. The van der Waals surface area contributed by atoms with Crippen molar-refractivity contribution >= 4 is 29.9 Å². The fraction of sp³-hybridized carbons (Fsp3) is 0.381. The molecule has 0 spiro atoms. The molecular formula is C21H26Cl2N2O2. The molecule has 4 nitrogen and oxygen atoms in total.